The van der Waals surface area contributed by atoms with Gasteiger partial charge in [-0.25, -0.2) is 4.39 Å². The number of nitrogens with one attached hydrogen (secondary N) is 1. The Morgan fingerprint density at radius 2 is 2.00 bits per heavy atom. The van der Waals surface area contributed by atoms with E-state index in [-0.39, 0.29) is 11.7 Å². The molecular formula is C16H15FN2OS. The van der Waals surface area contributed by atoms with Gasteiger partial charge in [-0.3, -0.25) is 4.79 Å². The quantitative estimate of drug-likeness (QED) is 0.851. The molecule has 0 atom stereocenters. The Morgan fingerprint density at radius 1 is 1.24 bits per heavy atom. The molecule has 0 aliphatic heterocycles. The maximum atomic E-state index is 12.8. The molecule has 0 bridgehead atoms. The fourth-order valence-electron chi connectivity index (χ4n) is 1.72. The molecular weight excluding hydrogens is 287 g/mol. The van der Waals surface area contributed by atoms with Crippen LogP contribution in [0.2, 0.25) is 0 Å². The van der Waals surface area contributed by atoms with Gasteiger partial charge in [0, 0.05) is 6.54 Å². The molecule has 1 amide bonds. The number of hydrogen-bond acceptors (Lipinski definition) is 3. The van der Waals surface area contributed by atoms with Crippen LogP contribution >= 0.6 is 11.3 Å². The minimum Gasteiger partial charge on any atom is -0.351 e. The summed E-state index contributed by atoms with van der Waals surface area (Å²) in [6, 6.07) is 9.82. The molecule has 2 rings (SSSR count). The van der Waals surface area contributed by atoms with Gasteiger partial charge in [-0.1, -0.05) is 24.0 Å². The molecule has 0 radical (unpaired) electrons. The zero-order valence-electron chi connectivity index (χ0n) is 11.4. The SMILES string of the molecule is NCC#Cc1ccc(C(=O)NCCc2ccc(F)cc2)s1. The lowest BCUT2D eigenvalue weighted by Crippen LogP contribution is -2.24. The molecule has 1 heterocycles. The predicted octanol–water partition coefficient (Wildman–Crippen LogP) is 2.17. The van der Waals surface area contributed by atoms with Gasteiger partial charge in [-0.05, 0) is 36.2 Å². The van der Waals surface area contributed by atoms with Crippen LogP contribution in [0.15, 0.2) is 36.4 Å². The Bertz CT molecular complexity index is 668. The van der Waals surface area contributed by atoms with E-state index in [1.807, 2.05) is 6.07 Å². The monoisotopic (exact) mass is 302 g/mol. The fraction of sp³-hybridized carbons (Fsp3) is 0.188. The lowest BCUT2D eigenvalue weighted by molar-refractivity contribution is 0.0958. The summed E-state index contributed by atoms with van der Waals surface area (Å²) in [6.45, 7) is 0.809. The summed E-state index contributed by atoms with van der Waals surface area (Å²) in [4.78, 5) is 13.4. The number of thiophene rings is 1. The van der Waals surface area contributed by atoms with Gasteiger partial charge in [0.15, 0.2) is 0 Å². The van der Waals surface area contributed by atoms with Crippen LogP contribution in [0.25, 0.3) is 0 Å². The van der Waals surface area contributed by atoms with Crippen molar-refractivity contribution in [2.75, 3.05) is 13.1 Å². The highest BCUT2D eigenvalue weighted by atomic mass is 32.1. The lowest BCUT2D eigenvalue weighted by atomic mass is 10.1. The van der Waals surface area contributed by atoms with E-state index in [2.05, 4.69) is 17.2 Å². The molecule has 0 saturated carbocycles. The first kappa shape index (κ1) is 15.2. The van der Waals surface area contributed by atoms with E-state index < -0.39 is 0 Å². The zero-order valence-corrected chi connectivity index (χ0v) is 12.2. The van der Waals surface area contributed by atoms with Crippen molar-refractivity contribution in [2.24, 2.45) is 5.73 Å². The summed E-state index contributed by atoms with van der Waals surface area (Å²) in [5.74, 6) is 5.27. The van der Waals surface area contributed by atoms with E-state index in [0.29, 0.717) is 24.4 Å². The highest BCUT2D eigenvalue weighted by molar-refractivity contribution is 7.14. The molecule has 0 unspecified atom stereocenters. The summed E-state index contributed by atoms with van der Waals surface area (Å²) >= 11 is 1.34. The number of hydrogen-bond donors (Lipinski definition) is 2. The van der Waals surface area contributed by atoms with Crippen LogP contribution in [-0.2, 0) is 6.42 Å². The Labute approximate surface area is 127 Å². The average molecular weight is 302 g/mol. The summed E-state index contributed by atoms with van der Waals surface area (Å²) in [6.07, 6.45) is 0.664. The number of carbonyl (C=O) groups excluding carboxylic acids is 1. The van der Waals surface area contributed by atoms with Gasteiger partial charge in [-0.15, -0.1) is 11.3 Å². The molecule has 2 aromatic rings. The number of amides is 1. The number of benzene rings is 1. The smallest absolute Gasteiger partial charge is 0.261 e. The summed E-state index contributed by atoms with van der Waals surface area (Å²) in [7, 11) is 0. The van der Waals surface area contributed by atoms with Crippen molar-refractivity contribution in [2.45, 2.75) is 6.42 Å². The van der Waals surface area contributed by atoms with Crippen molar-refractivity contribution in [1.82, 2.24) is 5.32 Å². The summed E-state index contributed by atoms with van der Waals surface area (Å²) in [5, 5.41) is 2.84. The van der Waals surface area contributed by atoms with E-state index >= 15 is 0 Å². The van der Waals surface area contributed by atoms with Crippen molar-refractivity contribution in [3.8, 4) is 11.8 Å². The molecule has 21 heavy (non-hydrogen) atoms. The normalized spacial score (nSPS) is 9.81. The molecule has 3 nitrogen and oxygen atoms in total. The van der Waals surface area contributed by atoms with E-state index in [4.69, 9.17) is 5.73 Å². The van der Waals surface area contributed by atoms with Crippen molar-refractivity contribution in [3.63, 3.8) is 0 Å². The molecule has 0 spiro atoms. The summed E-state index contributed by atoms with van der Waals surface area (Å²) in [5.41, 5.74) is 6.29. The van der Waals surface area contributed by atoms with Crippen LogP contribution in [0, 0.1) is 17.7 Å². The maximum Gasteiger partial charge on any atom is 0.261 e. The third-order valence-corrected chi connectivity index (χ3v) is 3.76. The van der Waals surface area contributed by atoms with Crippen LogP contribution in [-0.4, -0.2) is 19.0 Å². The Kier molecular flexibility index (Phi) is 5.50. The molecule has 1 aromatic heterocycles. The maximum absolute atomic E-state index is 12.8. The number of halogens is 1. The third-order valence-electron chi connectivity index (χ3n) is 2.76. The molecule has 0 aliphatic rings. The first-order chi connectivity index (χ1) is 10.2. The van der Waals surface area contributed by atoms with Crippen LogP contribution in [0.4, 0.5) is 4.39 Å². The van der Waals surface area contributed by atoms with Gasteiger partial charge in [0.25, 0.3) is 5.91 Å². The van der Waals surface area contributed by atoms with Crippen LogP contribution in [0.3, 0.4) is 0 Å². The van der Waals surface area contributed by atoms with Crippen molar-refractivity contribution < 1.29 is 9.18 Å². The second-order valence-corrected chi connectivity index (χ2v) is 5.39. The highest BCUT2D eigenvalue weighted by Gasteiger charge is 2.07. The van der Waals surface area contributed by atoms with E-state index in [9.17, 15) is 9.18 Å². The standard InChI is InChI=1S/C16H15FN2OS/c17-13-5-3-12(4-6-13)9-11-19-16(20)15-8-7-14(21-15)2-1-10-18/h3-8H,9-11,18H2,(H,19,20). The molecule has 0 aliphatic carbocycles. The third kappa shape index (κ3) is 4.71. The second kappa shape index (κ2) is 7.58. The van der Waals surface area contributed by atoms with E-state index in [1.54, 1.807) is 18.2 Å². The van der Waals surface area contributed by atoms with Gasteiger partial charge in [0.2, 0.25) is 0 Å². The second-order valence-electron chi connectivity index (χ2n) is 4.30. The van der Waals surface area contributed by atoms with E-state index in [0.717, 1.165) is 10.4 Å². The molecule has 5 heteroatoms. The van der Waals surface area contributed by atoms with Crippen LogP contribution < -0.4 is 11.1 Å². The lowest BCUT2D eigenvalue weighted by Gasteiger charge is -2.03. The van der Waals surface area contributed by atoms with Gasteiger partial charge >= 0.3 is 0 Å². The minimum absolute atomic E-state index is 0.122. The highest BCUT2D eigenvalue weighted by Crippen LogP contribution is 2.15. The van der Waals surface area contributed by atoms with Gasteiger partial charge in [0.05, 0.1) is 16.3 Å². The van der Waals surface area contributed by atoms with Gasteiger partial charge in [-0.2, -0.15) is 0 Å². The predicted molar refractivity (Wildman–Crippen MR) is 82.7 cm³/mol. The van der Waals surface area contributed by atoms with Crippen molar-refractivity contribution >= 4 is 17.2 Å². The Hall–Kier alpha value is -2.16. The van der Waals surface area contributed by atoms with Gasteiger partial charge < -0.3 is 11.1 Å². The fourth-order valence-corrected chi connectivity index (χ4v) is 2.52. The molecule has 0 saturated heterocycles. The topological polar surface area (TPSA) is 55.1 Å². The van der Waals surface area contributed by atoms with Gasteiger partial charge in [0.1, 0.15) is 5.82 Å². The number of nitrogens with two attached hydrogens (primary N) is 1. The Balaban J connectivity index is 1.84. The molecule has 0 fully saturated rings. The zero-order chi connectivity index (χ0) is 15.1. The van der Waals surface area contributed by atoms with Crippen molar-refractivity contribution in [1.29, 1.82) is 0 Å². The van der Waals surface area contributed by atoms with Crippen LogP contribution in [0.1, 0.15) is 20.1 Å². The number of rotatable bonds is 4. The first-order valence-electron chi connectivity index (χ1n) is 6.50. The minimum atomic E-state index is -0.257. The van der Waals surface area contributed by atoms with Crippen LogP contribution in [0.5, 0.6) is 0 Å². The largest absolute Gasteiger partial charge is 0.351 e. The molecule has 1 aromatic carbocycles. The number of carbonyl (C=O) groups is 1. The molecule has 3 N–H and O–H groups in total. The van der Waals surface area contributed by atoms with Crippen molar-refractivity contribution in [3.05, 3.63) is 57.5 Å². The summed E-state index contributed by atoms with van der Waals surface area (Å²) < 4.78 is 12.8. The Morgan fingerprint density at radius 3 is 2.71 bits per heavy atom. The van der Waals surface area contributed by atoms with E-state index in [1.165, 1.54) is 23.5 Å². The average Bonchev–Trinajstić information content (AvgIpc) is 2.96. The first-order valence-corrected chi connectivity index (χ1v) is 7.32. The molecule has 108 valence electrons.